The first-order valence-electron chi connectivity index (χ1n) is 14.6. The van der Waals surface area contributed by atoms with Gasteiger partial charge in [-0.25, -0.2) is 4.98 Å². The predicted octanol–water partition coefficient (Wildman–Crippen LogP) is 7.05. The summed E-state index contributed by atoms with van der Waals surface area (Å²) in [6.45, 7) is 10.8. The van der Waals surface area contributed by atoms with Crippen molar-refractivity contribution < 1.29 is 28.9 Å². The summed E-state index contributed by atoms with van der Waals surface area (Å²) in [4.78, 5) is 33.9. The van der Waals surface area contributed by atoms with Gasteiger partial charge in [-0.05, 0) is 92.8 Å². The van der Waals surface area contributed by atoms with E-state index in [-0.39, 0.29) is 17.4 Å². The summed E-state index contributed by atoms with van der Waals surface area (Å²) in [5.74, 6) is 0.0592. The van der Waals surface area contributed by atoms with Crippen molar-refractivity contribution in [1.29, 1.82) is 0 Å². The third kappa shape index (κ3) is 5.12. The van der Waals surface area contributed by atoms with Crippen molar-refractivity contribution in [2.24, 2.45) is 0 Å². The maximum atomic E-state index is 13.8. The van der Waals surface area contributed by atoms with Crippen LogP contribution in [0.5, 0.6) is 17.2 Å². The van der Waals surface area contributed by atoms with E-state index in [4.69, 9.17) is 19.2 Å². The Kier molecular flexibility index (Phi) is 7.60. The van der Waals surface area contributed by atoms with Gasteiger partial charge >= 0.3 is 5.91 Å². The summed E-state index contributed by atoms with van der Waals surface area (Å²) in [6, 6.07) is 13.8. The van der Waals surface area contributed by atoms with Crippen molar-refractivity contribution >= 4 is 44.1 Å². The molecule has 2 aliphatic heterocycles. The van der Waals surface area contributed by atoms with Gasteiger partial charge < -0.3 is 19.3 Å². The van der Waals surface area contributed by atoms with Crippen molar-refractivity contribution in [2.45, 2.75) is 59.6 Å². The first-order valence-corrected chi connectivity index (χ1v) is 15.4. The summed E-state index contributed by atoms with van der Waals surface area (Å²) in [7, 11) is 0. The van der Waals surface area contributed by atoms with E-state index in [9.17, 15) is 14.7 Å². The highest BCUT2D eigenvalue weighted by molar-refractivity contribution is 7.22. The molecule has 0 unspecified atom stereocenters. The Morgan fingerprint density at radius 2 is 1.88 bits per heavy atom. The maximum Gasteiger partial charge on any atom is 0.301 e. The van der Waals surface area contributed by atoms with Crippen LogP contribution in [0.25, 0.3) is 16.0 Å². The fraction of sp³-hybridized carbons (Fsp3) is 0.324. The first-order chi connectivity index (χ1) is 20.7. The minimum Gasteiger partial charge on any atom is -0.507 e. The van der Waals surface area contributed by atoms with Gasteiger partial charge in [-0.15, -0.1) is 0 Å². The van der Waals surface area contributed by atoms with Gasteiger partial charge in [0.05, 0.1) is 35.0 Å². The fourth-order valence-electron chi connectivity index (χ4n) is 5.83. The monoisotopic (exact) mass is 598 g/mol. The molecule has 1 N–H and O–H groups in total. The van der Waals surface area contributed by atoms with Crippen LogP contribution in [0, 0.1) is 13.8 Å². The summed E-state index contributed by atoms with van der Waals surface area (Å²) in [5, 5.41) is 12.1. The molecule has 9 heteroatoms. The number of rotatable bonds is 8. The van der Waals surface area contributed by atoms with E-state index >= 15 is 0 Å². The number of thiazole rings is 1. The lowest BCUT2D eigenvalue weighted by molar-refractivity contribution is -0.132. The van der Waals surface area contributed by atoms with Gasteiger partial charge in [-0.2, -0.15) is 0 Å². The van der Waals surface area contributed by atoms with Crippen LogP contribution in [0.2, 0.25) is 0 Å². The Labute approximate surface area is 254 Å². The number of fused-ring (bicyclic) bond motifs is 2. The normalized spacial score (nSPS) is 19.1. The molecule has 3 aromatic carbocycles. The lowest BCUT2D eigenvalue weighted by Gasteiger charge is -2.24. The van der Waals surface area contributed by atoms with Crippen molar-refractivity contribution in [3.05, 3.63) is 81.9 Å². The third-order valence-corrected chi connectivity index (χ3v) is 8.69. The van der Waals surface area contributed by atoms with Crippen LogP contribution in [0.4, 0.5) is 5.13 Å². The zero-order valence-electron chi connectivity index (χ0n) is 24.9. The van der Waals surface area contributed by atoms with Gasteiger partial charge in [-0.3, -0.25) is 14.5 Å². The van der Waals surface area contributed by atoms with E-state index in [2.05, 4.69) is 0 Å². The number of aliphatic hydroxyl groups excluding tert-OH is 1. The second-order valence-corrected chi connectivity index (χ2v) is 12.0. The quantitative estimate of drug-likeness (QED) is 0.132. The smallest absolute Gasteiger partial charge is 0.301 e. The molecular weight excluding hydrogens is 564 g/mol. The van der Waals surface area contributed by atoms with Crippen molar-refractivity contribution in [1.82, 2.24) is 4.98 Å². The highest BCUT2D eigenvalue weighted by Gasteiger charge is 2.48. The lowest BCUT2D eigenvalue weighted by atomic mass is 9.94. The second-order valence-electron chi connectivity index (χ2n) is 11.0. The van der Waals surface area contributed by atoms with Crippen molar-refractivity contribution in [3.63, 3.8) is 0 Å². The van der Waals surface area contributed by atoms with Crippen molar-refractivity contribution in [3.8, 4) is 17.2 Å². The molecule has 4 aromatic rings. The van der Waals surface area contributed by atoms with Gasteiger partial charge in [0, 0.05) is 12.0 Å². The molecule has 1 aromatic heterocycles. The number of hydrogen-bond acceptors (Lipinski definition) is 8. The Morgan fingerprint density at radius 3 is 2.65 bits per heavy atom. The second kappa shape index (κ2) is 11.4. The average molecular weight is 599 g/mol. The molecule has 8 nitrogen and oxygen atoms in total. The summed E-state index contributed by atoms with van der Waals surface area (Å²) in [6.07, 6.45) is 1.54. The molecule has 6 rings (SSSR count). The van der Waals surface area contributed by atoms with Crippen LogP contribution >= 0.6 is 11.3 Å². The number of aromatic nitrogens is 1. The third-order valence-electron chi connectivity index (χ3n) is 7.68. The molecule has 222 valence electrons. The van der Waals surface area contributed by atoms with Crippen LogP contribution < -0.4 is 19.1 Å². The zero-order chi connectivity index (χ0) is 30.4. The number of ether oxygens (including phenoxy) is 3. The number of aryl methyl sites for hydroxylation is 2. The molecule has 2 atom stereocenters. The molecule has 1 saturated heterocycles. The topological polar surface area (TPSA) is 98.2 Å². The Morgan fingerprint density at radius 1 is 1.07 bits per heavy atom. The minimum absolute atomic E-state index is 0.00579. The Balaban J connectivity index is 1.54. The molecule has 1 fully saturated rings. The van der Waals surface area contributed by atoms with E-state index in [1.165, 1.54) is 16.2 Å². The van der Waals surface area contributed by atoms with Gasteiger partial charge in [0.25, 0.3) is 5.78 Å². The molecule has 0 spiro atoms. The number of carbonyl (C=O) groups excluding carboxylic acids is 2. The van der Waals surface area contributed by atoms with Crippen LogP contribution in [-0.4, -0.2) is 41.1 Å². The lowest BCUT2D eigenvalue weighted by Crippen LogP contribution is -2.29. The number of ketones is 1. The number of amides is 1. The Hall–Kier alpha value is -4.37. The first kappa shape index (κ1) is 28.7. The number of aliphatic hydroxyl groups is 1. The number of nitrogens with zero attached hydrogens (tertiary/aromatic N) is 2. The maximum absolute atomic E-state index is 13.8. The van der Waals surface area contributed by atoms with Crippen LogP contribution in [0.3, 0.4) is 0 Å². The molecule has 0 aliphatic carbocycles. The number of benzene rings is 3. The van der Waals surface area contributed by atoms with Gasteiger partial charge in [0.2, 0.25) is 0 Å². The Bertz CT molecular complexity index is 1790. The zero-order valence-corrected chi connectivity index (χ0v) is 25.7. The van der Waals surface area contributed by atoms with E-state index in [1.807, 2.05) is 58.9 Å². The number of hydrogen-bond donors (Lipinski definition) is 1. The summed E-state index contributed by atoms with van der Waals surface area (Å²) >= 11 is 1.35. The van der Waals surface area contributed by atoms with Gasteiger partial charge in [-0.1, -0.05) is 30.4 Å². The molecule has 0 saturated carbocycles. The molecule has 3 heterocycles. The van der Waals surface area contributed by atoms with E-state index in [1.54, 1.807) is 24.3 Å². The van der Waals surface area contributed by atoms with Crippen LogP contribution in [0.15, 0.2) is 54.1 Å². The number of carbonyl (C=O) groups is 2. The molecule has 43 heavy (non-hydrogen) atoms. The summed E-state index contributed by atoms with van der Waals surface area (Å²) < 4.78 is 18.6. The average Bonchev–Trinajstić information content (AvgIpc) is 3.64. The molecule has 1 amide bonds. The highest BCUT2D eigenvalue weighted by Crippen LogP contribution is 2.46. The van der Waals surface area contributed by atoms with Gasteiger partial charge in [0.15, 0.2) is 16.6 Å². The summed E-state index contributed by atoms with van der Waals surface area (Å²) in [5.41, 5.74) is 4.82. The standard InChI is InChI=1S/C34H34N2O6S/c1-6-12-41-25-11-8-21(17-26(25)40-7-2)30-28(31(37)22-9-10-24-23(16-22)15-20(5)42-24)32(38)33(39)36(30)34-35-29-19(4)13-18(3)14-27(29)43-34/h8-11,13-14,16-17,20,30,37H,6-7,12,15H2,1-5H3/b31-28+/t20-,30-/m1/s1. The highest BCUT2D eigenvalue weighted by atomic mass is 32.1. The number of anilines is 1. The fourth-order valence-corrected chi connectivity index (χ4v) is 6.99. The molecule has 2 aliphatic rings. The molecular formula is C34H34N2O6S. The van der Waals surface area contributed by atoms with E-state index < -0.39 is 17.7 Å². The van der Waals surface area contributed by atoms with Crippen molar-refractivity contribution in [2.75, 3.05) is 18.1 Å². The largest absolute Gasteiger partial charge is 0.507 e. The number of Topliss-reactive ketones (excluding diaryl/α,β-unsaturated/α-hetero) is 1. The predicted molar refractivity (Wildman–Crippen MR) is 168 cm³/mol. The van der Waals surface area contributed by atoms with Gasteiger partial charge in [0.1, 0.15) is 17.6 Å². The molecule has 0 radical (unpaired) electrons. The molecule has 0 bridgehead atoms. The minimum atomic E-state index is -0.940. The van der Waals surface area contributed by atoms with E-state index in [0.29, 0.717) is 47.4 Å². The SMILES string of the molecule is CCCOc1ccc([C@@H]2/C(=C(\O)c3ccc4c(c3)C[C@@H](C)O4)C(=O)C(=O)N2c2nc3c(C)cc(C)cc3s2)cc1OCC. The van der Waals surface area contributed by atoms with E-state index in [0.717, 1.165) is 39.1 Å². The van der Waals surface area contributed by atoms with Crippen LogP contribution in [0.1, 0.15) is 61.1 Å². The van der Waals surface area contributed by atoms with Crippen LogP contribution in [-0.2, 0) is 16.0 Å².